The Balaban J connectivity index is 1.97. The van der Waals surface area contributed by atoms with Gasteiger partial charge >= 0.3 is 0 Å². The number of thiazole rings is 1. The van der Waals surface area contributed by atoms with Gasteiger partial charge in [-0.2, -0.15) is 5.10 Å². The number of aryl methyl sites for hydroxylation is 2. The van der Waals surface area contributed by atoms with Gasteiger partial charge in [-0.15, -0.1) is 11.3 Å². The summed E-state index contributed by atoms with van der Waals surface area (Å²) in [5, 5.41) is 9.04. The molecule has 0 spiro atoms. The second kappa shape index (κ2) is 5.43. The maximum absolute atomic E-state index is 4.85. The molecule has 1 aliphatic carbocycles. The van der Waals surface area contributed by atoms with E-state index >= 15 is 0 Å². The molecule has 4 nitrogen and oxygen atoms in total. The Kier molecular flexibility index (Phi) is 3.66. The van der Waals surface area contributed by atoms with E-state index in [4.69, 9.17) is 4.98 Å². The van der Waals surface area contributed by atoms with Crippen molar-refractivity contribution in [2.24, 2.45) is 0 Å². The molecule has 0 radical (unpaired) electrons. The Morgan fingerprint density at radius 2 is 2.37 bits per heavy atom. The lowest BCUT2D eigenvalue weighted by Gasteiger charge is -2.21. The lowest BCUT2D eigenvalue weighted by molar-refractivity contribution is 0.476. The fourth-order valence-electron chi connectivity index (χ4n) is 2.74. The summed E-state index contributed by atoms with van der Waals surface area (Å²) in [5.41, 5.74) is 2.44. The van der Waals surface area contributed by atoms with Crippen LogP contribution in [-0.4, -0.2) is 21.3 Å². The van der Waals surface area contributed by atoms with E-state index in [0.717, 1.165) is 30.2 Å². The van der Waals surface area contributed by atoms with Crippen LogP contribution >= 0.6 is 11.3 Å². The molecule has 1 atom stereocenters. The van der Waals surface area contributed by atoms with Crippen LogP contribution in [0.15, 0.2) is 12.3 Å². The summed E-state index contributed by atoms with van der Waals surface area (Å²) in [4.78, 5) is 6.29. The minimum Gasteiger partial charge on any atom is -0.309 e. The lowest BCUT2D eigenvalue weighted by atomic mass is 9.98. The molecule has 102 valence electrons. The van der Waals surface area contributed by atoms with E-state index < -0.39 is 0 Å². The predicted molar refractivity (Wildman–Crippen MR) is 78.4 cm³/mol. The van der Waals surface area contributed by atoms with Gasteiger partial charge in [0.05, 0.1) is 11.4 Å². The molecular formula is C14H20N4S. The van der Waals surface area contributed by atoms with Crippen molar-refractivity contribution in [2.75, 3.05) is 6.54 Å². The second-order valence-corrected chi connectivity index (χ2v) is 5.90. The Bertz CT molecular complexity index is 558. The van der Waals surface area contributed by atoms with Crippen molar-refractivity contribution < 1.29 is 0 Å². The number of nitrogens with zero attached hydrogens (tertiary/aromatic N) is 3. The standard InChI is InChI=1S/C14H20N4S/c1-3-15-10-6-5-7-11-13(10)19-14(17-11)12-8-9-16-18(12)4-2/h8-10,15H,3-7H2,1-2H3. The molecule has 2 aromatic heterocycles. The van der Waals surface area contributed by atoms with Crippen LogP contribution in [0.3, 0.4) is 0 Å². The Hall–Kier alpha value is -1.20. The van der Waals surface area contributed by atoms with Gasteiger partial charge in [-0.1, -0.05) is 6.92 Å². The minimum absolute atomic E-state index is 0.498. The third-order valence-corrected chi connectivity index (χ3v) is 4.87. The minimum atomic E-state index is 0.498. The van der Waals surface area contributed by atoms with Gasteiger partial charge in [-0.25, -0.2) is 4.98 Å². The first-order valence-electron chi connectivity index (χ1n) is 7.08. The Morgan fingerprint density at radius 3 is 3.16 bits per heavy atom. The van der Waals surface area contributed by atoms with E-state index in [-0.39, 0.29) is 0 Å². The topological polar surface area (TPSA) is 42.7 Å². The number of nitrogens with one attached hydrogen (secondary N) is 1. The number of fused-ring (bicyclic) bond motifs is 1. The molecule has 1 unspecified atom stereocenters. The first kappa shape index (κ1) is 12.8. The molecule has 0 saturated carbocycles. The van der Waals surface area contributed by atoms with E-state index in [2.05, 4.69) is 30.3 Å². The van der Waals surface area contributed by atoms with Crippen LogP contribution in [0.4, 0.5) is 0 Å². The summed E-state index contributed by atoms with van der Waals surface area (Å²) < 4.78 is 2.02. The molecule has 1 N–H and O–H groups in total. The van der Waals surface area contributed by atoms with Crippen molar-refractivity contribution >= 4 is 11.3 Å². The van der Waals surface area contributed by atoms with Crippen LogP contribution < -0.4 is 5.32 Å². The van der Waals surface area contributed by atoms with Gasteiger partial charge in [0.25, 0.3) is 0 Å². The molecule has 2 heterocycles. The molecule has 19 heavy (non-hydrogen) atoms. The summed E-state index contributed by atoms with van der Waals surface area (Å²) >= 11 is 1.84. The zero-order chi connectivity index (χ0) is 13.2. The van der Waals surface area contributed by atoms with E-state index in [9.17, 15) is 0 Å². The summed E-state index contributed by atoms with van der Waals surface area (Å²) in [6.45, 7) is 6.20. The summed E-state index contributed by atoms with van der Waals surface area (Å²) in [6, 6.07) is 2.56. The molecule has 1 aliphatic rings. The lowest BCUT2D eigenvalue weighted by Crippen LogP contribution is -2.23. The number of rotatable bonds is 4. The molecule has 0 saturated heterocycles. The van der Waals surface area contributed by atoms with Crippen molar-refractivity contribution in [1.29, 1.82) is 0 Å². The van der Waals surface area contributed by atoms with Gasteiger partial charge in [0.1, 0.15) is 5.01 Å². The third kappa shape index (κ3) is 2.32. The van der Waals surface area contributed by atoms with Crippen LogP contribution in [0.2, 0.25) is 0 Å². The molecule has 0 fully saturated rings. The summed E-state index contributed by atoms with van der Waals surface area (Å²) in [5.74, 6) is 0. The van der Waals surface area contributed by atoms with Gasteiger partial charge in [0.15, 0.2) is 0 Å². The highest BCUT2D eigenvalue weighted by atomic mass is 32.1. The van der Waals surface area contributed by atoms with Crippen LogP contribution in [0, 0.1) is 0 Å². The van der Waals surface area contributed by atoms with Crippen LogP contribution in [0.25, 0.3) is 10.7 Å². The third-order valence-electron chi connectivity index (χ3n) is 3.64. The molecule has 3 rings (SSSR count). The molecule has 5 heteroatoms. The van der Waals surface area contributed by atoms with Crippen LogP contribution in [-0.2, 0) is 13.0 Å². The molecule has 0 aromatic carbocycles. The Labute approximate surface area is 117 Å². The highest BCUT2D eigenvalue weighted by Gasteiger charge is 2.24. The molecule has 0 bridgehead atoms. The zero-order valence-electron chi connectivity index (χ0n) is 11.5. The average Bonchev–Trinajstić information content (AvgIpc) is 3.05. The van der Waals surface area contributed by atoms with Gasteiger partial charge in [-0.3, -0.25) is 4.68 Å². The van der Waals surface area contributed by atoms with Gasteiger partial charge in [-0.05, 0) is 38.8 Å². The molecule has 0 aliphatic heterocycles. The van der Waals surface area contributed by atoms with E-state index in [1.807, 2.05) is 22.2 Å². The normalized spacial score (nSPS) is 18.5. The van der Waals surface area contributed by atoms with Gasteiger partial charge < -0.3 is 5.32 Å². The zero-order valence-corrected chi connectivity index (χ0v) is 12.3. The van der Waals surface area contributed by atoms with E-state index in [1.54, 1.807) is 0 Å². The molecule has 2 aromatic rings. The smallest absolute Gasteiger partial charge is 0.142 e. The van der Waals surface area contributed by atoms with Crippen molar-refractivity contribution in [3.63, 3.8) is 0 Å². The Morgan fingerprint density at radius 1 is 1.47 bits per heavy atom. The van der Waals surface area contributed by atoms with Crippen LogP contribution in [0.1, 0.15) is 43.3 Å². The summed E-state index contributed by atoms with van der Waals surface area (Å²) in [6.07, 6.45) is 5.45. The number of aromatic nitrogens is 3. The highest BCUT2D eigenvalue weighted by molar-refractivity contribution is 7.15. The van der Waals surface area contributed by atoms with E-state index in [1.165, 1.54) is 23.4 Å². The average molecular weight is 276 g/mol. The van der Waals surface area contributed by atoms with Crippen LogP contribution in [0.5, 0.6) is 0 Å². The highest BCUT2D eigenvalue weighted by Crippen LogP contribution is 2.37. The number of hydrogen-bond donors (Lipinski definition) is 1. The van der Waals surface area contributed by atoms with Crippen molar-refractivity contribution in [1.82, 2.24) is 20.1 Å². The van der Waals surface area contributed by atoms with Crippen molar-refractivity contribution in [3.05, 3.63) is 22.8 Å². The SMILES string of the molecule is CCNC1CCCc2nc(-c3ccnn3CC)sc21. The van der Waals surface area contributed by atoms with Gasteiger partial charge in [0.2, 0.25) is 0 Å². The van der Waals surface area contributed by atoms with E-state index in [0.29, 0.717) is 6.04 Å². The van der Waals surface area contributed by atoms with Gasteiger partial charge in [0, 0.05) is 23.7 Å². The largest absolute Gasteiger partial charge is 0.309 e. The fraction of sp³-hybridized carbons (Fsp3) is 0.571. The first-order valence-corrected chi connectivity index (χ1v) is 7.90. The van der Waals surface area contributed by atoms with Crippen molar-refractivity contribution in [3.8, 4) is 10.7 Å². The predicted octanol–water partition coefficient (Wildman–Crippen LogP) is 3.01. The monoisotopic (exact) mass is 276 g/mol. The number of hydrogen-bond acceptors (Lipinski definition) is 4. The molecule has 0 amide bonds. The molecular weight excluding hydrogens is 256 g/mol. The quantitative estimate of drug-likeness (QED) is 0.933. The first-order chi connectivity index (χ1) is 9.33. The van der Waals surface area contributed by atoms with Crippen molar-refractivity contribution in [2.45, 2.75) is 45.7 Å². The summed E-state index contributed by atoms with van der Waals surface area (Å²) in [7, 11) is 0. The maximum Gasteiger partial charge on any atom is 0.142 e. The fourth-order valence-corrected chi connectivity index (χ4v) is 3.99. The maximum atomic E-state index is 4.85. The second-order valence-electron chi connectivity index (χ2n) is 4.86.